The van der Waals surface area contributed by atoms with E-state index in [0.29, 0.717) is 17.5 Å². The zero-order valence-corrected chi connectivity index (χ0v) is 24.0. The summed E-state index contributed by atoms with van der Waals surface area (Å²) in [6.07, 6.45) is 0. The van der Waals surface area contributed by atoms with E-state index in [1.54, 1.807) is 0 Å². The summed E-state index contributed by atoms with van der Waals surface area (Å²) in [7, 11) is 0. The minimum absolute atomic E-state index is 0.614. The SMILES string of the molecule is Cc1ccc2c(-c3nc(-c4ccccc4)nc(-c4ccc5ccc6ccccc6c5c4)n3)cc3oc4ccccc4c3c2c1. The number of furan rings is 1. The summed E-state index contributed by atoms with van der Waals surface area (Å²) in [4.78, 5) is 15.3. The van der Waals surface area contributed by atoms with E-state index < -0.39 is 0 Å². The van der Waals surface area contributed by atoms with Crippen molar-refractivity contribution in [2.45, 2.75) is 6.92 Å². The van der Waals surface area contributed by atoms with Crippen molar-refractivity contribution in [2.24, 2.45) is 0 Å². The monoisotopic (exact) mass is 563 g/mol. The Kier molecular flexibility index (Phi) is 5.38. The molecule has 4 nitrogen and oxygen atoms in total. The summed E-state index contributed by atoms with van der Waals surface area (Å²) in [5, 5.41) is 9.20. The number of rotatable bonds is 3. The maximum Gasteiger partial charge on any atom is 0.164 e. The molecular formula is C40H25N3O. The van der Waals surface area contributed by atoms with Gasteiger partial charge in [-0.15, -0.1) is 0 Å². The number of para-hydroxylation sites is 1. The van der Waals surface area contributed by atoms with E-state index in [2.05, 4.69) is 97.9 Å². The van der Waals surface area contributed by atoms with Crippen LogP contribution in [0, 0.1) is 6.92 Å². The number of hydrogen-bond acceptors (Lipinski definition) is 4. The van der Waals surface area contributed by atoms with Crippen molar-refractivity contribution in [3.63, 3.8) is 0 Å². The lowest BCUT2D eigenvalue weighted by molar-refractivity contribution is 0.669. The smallest absolute Gasteiger partial charge is 0.164 e. The standard InChI is InChI=1S/C40H25N3O/c1-24-15-20-30-33(21-24)37-31-13-7-8-14-35(31)44-36(37)23-34(30)40-42-38(27-10-3-2-4-11-27)41-39(43-40)28-19-18-26-17-16-25-9-5-6-12-29(25)32(26)22-28/h2-23H,1H3. The quantitative estimate of drug-likeness (QED) is 0.201. The van der Waals surface area contributed by atoms with E-state index in [-0.39, 0.29) is 0 Å². The zero-order valence-electron chi connectivity index (χ0n) is 24.0. The van der Waals surface area contributed by atoms with Gasteiger partial charge in [0, 0.05) is 27.5 Å². The van der Waals surface area contributed by atoms with Crippen LogP contribution in [0.1, 0.15) is 5.56 Å². The number of nitrogens with zero attached hydrogens (tertiary/aromatic N) is 3. The molecule has 44 heavy (non-hydrogen) atoms. The van der Waals surface area contributed by atoms with Gasteiger partial charge in [-0.1, -0.05) is 121 Å². The van der Waals surface area contributed by atoms with Crippen molar-refractivity contribution >= 4 is 54.3 Å². The van der Waals surface area contributed by atoms with Crippen LogP contribution in [-0.4, -0.2) is 15.0 Å². The average molecular weight is 564 g/mol. The number of aryl methyl sites for hydroxylation is 1. The largest absolute Gasteiger partial charge is 0.456 e. The van der Waals surface area contributed by atoms with Gasteiger partial charge in [0.15, 0.2) is 17.5 Å². The molecule has 0 aliphatic rings. The van der Waals surface area contributed by atoms with Gasteiger partial charge in [-0.05, 0) is 57.4 Å². The minimum atomic E-state index is 0.614. The Morgan fingerprint density at radius 3 is 1.98 bits per heavy atom. The number of benzene rings is 7. The molecule has 0 saturated carbocycles. The highest BCUT2D eigenvalue weighted by Crippen LogP contribution is 2.40. The van der Waals surface area contributed by atoms with Gasteiger partial charge in [0.2, 0.25) is 0 Å². The van der Waals surface area contributed by atoms with Gasteiger partial charge in [0.05, 0.1) is 0 Å². The molecule has 2 aromatic heterocycles. The van der Waals surface area contributed by atoms with Crippen molar-refractivity contribution in [2.75, 3.05) is 0 Å². The minimum Gasteiger partial charge on any atom is -0.456 e. The third-order valence-corrected chi connectivity index (χ3v) is 8.55. The highest BCUT2D eigenvalue weighted by Gasteiger charge is 2.19. The highest BCUT2D eigenvalue weighted by atomic mass is 16.3. The Bertz CT molecular complexity index is 2570. The van der Waals surface area contributed by atoms with Crippen LogP contribution in [0.2, 0.25) is 0 Å². The van der Waals surface area contributed by atoms with Crippen molar-refractivity contribution in [3.8, 4) is 34.2 Å². The molecule has 206 valence electrons. The molecule has 0 spiro atoms. The first-order valence-corrected chi connectivity index (χ1v) is 14.8. The summed E-state index contributed by atoms with van der Waals surface area (Å²) >= 11 is 0. The summed E-state index contributed by atoms with van der Waals surface area (Å²) in [6.45, 7) is 2.12. The summed E-state index contributed by atoms with van der Waals surface area (Å²) in [5.41, 5.74) is 5.67. The lowest BCUT2D eigenvalue weighted by atomic mass is 9.97. The molecule has 0 amide bonds. The molecule has 0 fully saturated rings. The van der Waals surface area contributed by atoms with Crippen LogP contribution in [0.25, 0.3) is 88.4 Å². The van der Waals surface area contributed by atoms with E-state index in [4.69, 9.17) is 19.4 Å². The number of hydrogen-bond donors (Lipinski definition) is 0. The summed E-state index contributed by atoms with van der Waals surface area (Å²) in [5.74, 6) is 1.88. The van der Waals surface area contributed by atoms with Crippen LogP contribution >= 0.6 is 0 Å². The van der Waals surface area contributed by atoms with Gasteiger partial charge < -0.3 is 4.42 Å². The second-order valence-corrected chi connectivity index (χ2v) is 11.3. The van der Waals surface area contributed by atoms with Gasteiger partial charge >= 0.3 is 0 Å². The molecule has 0 N–H and O–H groups in total. The summed E-state index contributed by atoms with van der Waals surface area (Å²) < 4.78 is 6.41. The normalized spacial score (nSPS) is 11.8. The van der Waals surface area contributed by atoms with Crippen LogP contribution in [0.4, 0.5) is 0 Å². The van der Waals surface area contributed by atoms with E-state index in [0.717, 1.165) is 49.4 Å². The fourth-order valence-electron chi connectivity index (χ4n) is 6.42. The van der Waals surface area contributed by atoms with Gasteiger partial charge in [-0.25, -0.2) is 15.0 Å². The van der Waals surface area contributed by atoms with E-state index in [9.17, 15) is 0 Å². The van der Waals surface area contributed by atoms with Crippen LogP contribution in [0.5, 0.6) is 0 Å². The van der Waals surface area contributed by atoms with E-state index >= 15 is 0 Å². The summed E-state index contributed by atoms with van der Waals surface area (Å²) in [6, 6.07) is 46.3. The van der Waals surface area contributed by atoms with Crippen molar-refractivity contribution in [1.82, 2.24) is 15.0 Å². The molecule has 2 heterocycles. The lowest BCUT2D eigenvalue weighted by Gasteiger charge is -2.12. The molecule has 0 aliphatic carbocycles. The molecule has 7 aromatic carbocycles. The van der Waals surface area contributed by atoms with Gasteiger partial charge in [-0.3, -0.25) is 0 Å². The highest BCUT2D eigenvalue weighted by molar-refractivity contribution is 6.22. The molecule has 9 aromatic rings. The molecule has 0 atom stereocenters. The fraction of sp³-hybridized carbons (Fsp3) is 0.0250. The second-order valence-electron chi connectivity index (χ2n) is 11.3. The maximum absolute atomic E-state index is 6.41. The van der Waals surface area contributed by atoms with Gasteiger partial charge in [0.1, 0.15) is 11.2 Å². The predicted octanol–water partition coefficient (Wildman–Crippen LogP) is 10.5. The zero-order chi connectivity index (χ0) is 29.2. The molecule has 9 rings (SSSR count). The van der Waals surface area contributed by atoms with Crippen LogP contribution in [-0.2, 0) is 0 Å². The molecule has 0 aliphatic heterocycles. The third kappa shape index (κ3) is 3.89. The van der Waals surface area contributed by atoms with Crippen LogP contribution in [0.3, 0.4) is 0 Å². The average Bonchev–Trinajstić information content (AvgIpc) is 3.46. The third-order valence-electron chi connectivity index (χ3n) is 8.55. The molecular weight excluding hydrogens is 538 g/mol. The number of fused-ring (bicyclic) bond motifs is 8. The van der Waals surface area contributed by atoms with E-state index in [1.807, 2.05) is 42.5 Å². The maximum atomic E-state index is 6.41. The Hall–Kier alpha value is -5.87. The van der Waals surface area contributed by atoms with E-state index in [1.165, 1.54) is 27.1 Å². The Morgan fingerprint density at radius 2 is 1.11 bits per heavy atom. The number of aromatic nitrogens is 3. The van der Waals surface area contributed by atoms with Crippen LogP contribution in [0.15, 0.2) is 138 Å². The van der Waals surface area contributed by atoms with Gasteiger partial charge in [-0.2, -0.15) is 0 Å². The first-order valence-electron chi connectivity index (χ1n) is 14.8. The fourth-order valence-corrected chi connectivity index (χ4v) is 6.42. The Balaban J connectivity index is 1.34. The molecule has 0 saturated heterocycles. The van der Waals surface area contributed by atoms with Crippen molar-refractivity contribution < 1.29 is 4.42 Å². The topological polar surface area (TPSA) is 51.8 Å². The second kappa shape index (κ2) is 9.58. The molecule has 0 unspecified atom stereocenters. The molecule has 0 bridgehead atoms. The lowest BCUT2D eigenvalue weighted by Crippen LogP contribution is -2.00. The predicted molar refractivity (Wildman–Crippen MR) is 181 cm³/mol. The molecule has 0 radical (unpaired) electrons. The van der Waals surface area contributed by atoms with Crippen LogP contribution < -0.4 is 0 Å². The van der Waals surface area contributed by atoms with Crippen molar-refractivity contribution in [3.05, 3.63) is 139 Å². The van der Waals surface area contributed by atoms with Crippen molar-refractivity contribution in [1.29, 1.82) is 0 Å². The first kappa shape index (κ1) is 24.7. The van der Waals surface area contributed by atoms with Gasteiger partial charge in [0.25, 0.3) is 0 Å². The Labute approximate surface area is 253 Å². The molecule has 4 heteroatoms. The Morgan fingerprint density at radius 1 is 0.432 bits per heavy atom. The first-order chi connectivity index (χ1) is 21.7.